The molecule has 0 saturated heterocycles. The third-order valence-electron chi connectivity index (χ3n) is 3.14. The molecule has 0 aliphatic carbocycles. The van der Waals surface area contributed by atoms with Crippen LogP contribution in [0.4, 0.5) is 0 Å². The Bertz CT molecular complexity index is 668. The maximum atomic E-state index is 6.18. The van der Waals surface area contributed by atoms with Crippen molar-refractivity contribution in [1.82, 2.24) is 4.98 Å². The molecule has 90 valence electrons. The molecule has 2 nitrogen and oxygen atoms in total. The Labute approximate surface area is 110 Å². The van der Waals surface area contributed by atoms with E-state index in [1.807, 2.05) is 30.3 Å². The molecule has 0 bridgehead atoms. The molecule has 3 aromatic rings. The van der Waals surface area contributed by atoms with Gasteiger partial charge in [0.2, 0.25) is 0 Å². The van der Waals surface area contributed by atoms with Crippen LogP contribution in [-0.2, 0) is 6.54 Å². The number of nitrogens with two attached hydrogens (primary N) is 1. The van der Waals surface area contributed by atoms with E-state index in [4.69, 9.17) is 17.3 Å². The molecular weight excluding hydrogens is 244 g/mol. The SMILES string of the molecule is NCc1c(Cl)cccc1-c1cc2ccccc2[nH]1. The molecule has 3 heteroatoms. The number of fused-ring (bicyclic) bond motifs is 1. The molecule has 0 fully saturated rings. The van der Waals surface area contributed by atoms with E-state index in [9.17, 15) is 0 Å². The van der Waals surface area contributed by atoms with Crippen LogP contribution in [-0.4, -0.2) is 4.98 Å². The number of H-pyrrole nitrogens is 1. The first-order valence-corrected chi connectivity index (χ1v) is 6.23. The summed E-state index contributed by atoms with van der Waals surface area (Å²) in [5.74, 6) is 0. The number of rotatable bonds is 2. The maximum absolute atomic E-state index is 6.18. The lowest BCUT2D eigenvalue weighted by molar-refractivity contribution is 1.07. The van der Waals surface area contributed by atoms with Crippen molar-refractivity contribution < 1.29 is 0 Å². The zero-order valence-electron chi connectivity index (χ0n) is 9.78. The average Bonchev–Trinajstić information content (AvgIpc) is 2.82. The summed E-state index contributed by atoms with van der Waals surface area (Å²) in [5.41, 5.74) is 10.0. The maximum Gasteiger partial charge on any atom is 0.0468 e. The second-order valence-corrected chi connectivity index (χ2v) is 4.65. The minimum absolute atomic E-state index is 0.435. The van der Waals surface area contributed by atoms with E-state index in [-0.39, 0.29) is 0 Å². The first-order chi connectivity index (χ1) is 8.79. The summed E-state index contributed by atoms with van der Waals surface area (Å²) in [6.45, 7) is 0.435. The fraction of sp³-hybridized carbons (Fsp3) is 0.0667. The van der Waals surface area contributed by atoms with E-state index in [1.165, 1.54) is 5.39 Å². The largest absolute Gasteiger partial charge is 0.355 e. The summed E-state index contributed by atoms with van der Waals surface area (Å²) in [4.78, 5) is 3.40. The van der Waals surface area contributed by atoms with Gasteiger partial charge in [-0.05, 0) is 23.8 Å². The molecule has 1 heterocycles. The Kier molecular flexibility index (Phi) is 2.82. The first kappa shape index (κ1) is 11.3. The van der Waals surface area contributed by atoms with Crippen LogP contribution in [0, 0.1) is 0 Å². The van der Waals surface area contributed by atoms with Crippen LogP contribution < -0.4 is 5.73 Å². The number of hydrogen-bond acceptors (Lipinski definition) is 1. The Morgan fingerprint density at radius 1 is 1.06 bits per heavy atom. The molecule has 0 aliphatic rings. The Balaban J connectivity index is 2.23. The van der Waals surface area contributed by atoms with Gasteiger partial charge in [0.1, 0.15) is 0 Å². The number of nitrogens with one attached hydrogen (secondary N) is 1. The number of aromatic amines is 1. The molecule has 0 aliphatic heterocycles. The van der Waals surface area contributed by atoms with Crippen LogP contribution in [0.1, 0.15) is 5.56 Å². The standard InChI is InChI=1S/C15H13ClN2/c16-13-6-3-5-11(12(13)9-17)15-8-10-4-1-2-7-14(10)18-15/h1-8,18H,9,17H2. The molecule has 0 spiro atoms. The van der Waals surface area contributed by atoms with Crippen molar-refractivity contribution >= 4 is 22.5 Å². The lowest BCUT2D eigenvalue weighted by Gasteiger charge is -2.07. The van der Waals surface area contributed by atoms with Gasteiger partial charge in [0.25, 0.3) is 0 Å². The molecule has 0 saturated carbocycles. The molecule has 3 N–H and O–H groups in total. The lowest BCUT2D eigenvalue weighted by Crippen LogP contribution is -2.00. The van der Waals surface area contributed by atoms with E-state index in [0.29, 0.717) is 11.6 Å². The molecule has 3 rings (SSSR count). The molecular formula is C15H13ClN2. The third-order valence-corrected chi connectivity index (χ3v) is 3.50. The van der Waals surface area contributed by atoms with Crippen LogP contribution in [0.2, 0.25) is 5.02 Å². The van der Waals surface area contributed by atoms with Gasteiger partial charge in [0.05, 0.1) is 0 Å². The summed E-state index contributed by atoms with van der Waals surface area (Å²) in [6.07, 6.45) is 0. The Morgan fingerprint density at radius 3 is 2.67 bits per heavy atom. The van der Waals surface area contributed by atoms with Crippen molar-refractivity contribution in [3.63, 3.8) is 0 Å². The molecule has 2 aromatic carbocycles. The van der Waals surface area contributed by atoms with Crippen LogP contribution in [0.15, 0.2) is 48.5 Å². The van der Waals surface area contributed by atoms with Gasteiger partial charge in [-0.15, -0.1) is 0 Å². The molecule has 0 atom stereocenters. The topological polar surface area (TPSA) is 41.8 Å². The summed E-state index contributed by atoms with van der Waals surface area (Å²) in [6, 6.07) is 16.2. The molecule has 0 radical (unpaired) electrons. The monoisotopic (exact) mass is 256 g/mol. The van der Waals surface area contributed by atoms with Gasteiger partial charge in [-0.2, -0.15) is 0 Å². The first-order valence-electron chi connectivity index (χ1n) is 5.85. The van der Waals surface area contributed by atoms with E-state index >= 15 is 0 Å². The van der Waals surface area contributed by atoms with Crippen molar-refractivity contribution in [3.05, 3.63) is 59.1 Å². The van der Waals surface area contributed by atoms with E-state index in [1.54, 1.807) is 0 Å². The molecule has 0 amide bonds. The number of aromatic nitrogens is 1. The average molecular weight is 257 g/mol. The zero-order valence-corrected chi connectivity index (χ0v) is 10.5. The van der Waals surface area contributed by atoms with E-state index < -0.39 is 0 Å². The quantitative estimate of drug-likeness (QED) is 0.716. The second kappa shape index (κ2) is 4.48. The highest BCUT2D eigenvalue weighted by Crippen LogP contribution is 2.30. The highest BCUT2D eigenvalue weighted by atomic mass is 35.5. The number of hydrogen-bond donors (Lipinski definition) is 2. The highest BCUT2D eigenvalue weighted by Gasteiger charge is 2.09. The van der Waals surface area contributed by atoms with Gasteiger partial charge in [0, 0.05) is 33.7 Å². The summed E-state index contributed by atoms with van der Waals surface area (Å²) < 4.78 is 0. The summed E-state index contributed by atoms with van der Waals surface area (Å²) >= 11 is 6.18. The van der Waals surface area contributed by atoms with Gasteiger partial charge in [-0.25, -0.2) is 0 Å². The molecule has 1 aromatic heterocycles. The highest BCUT2D eigenvalue weighted by molar-refractivity contribution is 6.31. The predicted octanol–water partition coefficient (Wildman–Crippen LogP) is 3.95. The van der Waals surface area contributed by atoms with Crippen LogP contribution in [0.5, 0.6) is 0 Å². The van der Waals surface area contributed by atoms with Gasteiger partial charge >= 0.3 is 0 Å². The minimum atomic E-state index is 0.435. The van der Waals surface area contributed by atoms with Gasteiger partial charge in [0.15, 0.2) is 0 Å². The predicted molar refractivity (Wildman–Crippen MR) is 76.6 cm³/mol. The van der Waals surface area contributed by atoms with Crippen molar-refractivity contribution in [2.24, 2.45) is 5.73 Å². The van der Waals surface area contributed by atoms with Crippen LogP contribution in [0.25, 0.3) is 22.2 Å². The number of para-hydroxylation sites is 1. The van der Waals surface area contributed by atoms with Gasteiger partial charge in [-0.3, -0.25) is 0 Å². The number of benzene rings is 2. The Hall–Kier alpha value is -1.77. The van der Waals surface area contributed by atoms with E-state index in [2.05, 4.69) is 23.2 Å². The fourth-order valence-electron chi connectivity index (χ4n) is 2.24. The van der Waals surface area contributed by atoms with Crippen molar-refractivity contribution in [2.45, 2.75) is 6.54 Å². The second-order valence-electron chi connectivity index (χ2n) is 4.24. The van der Waals surface area contributed by atoms with Crippen molar-refractivity contribution in [2.75, 3.05) is 0 Å². The molecule has 18 heavy (non-hydrogen) atoms. The van der Waals surface area contributed by atoms with Gasteiger partial charge < -0.3 is 10.7 Å². The normalized spacial score (nSPS) is 11.0. The van der Waals surface area contributed by atoms with Crippen molar-refractivity contribution in [1.29, 1.82) is 0 Å². The van der Waals surface area contributed by atoms with Crippen LogP contribution in [0.3, 0.4) is 0 Å². The summed E-state index contributed by atoms with van der Waals surface area (Å²) in [7, 11) is 0. The Morgan fingerprint density at radius 2 is 1.89 bits per heavy atom. The van der Waals surface area contributed by atoms with Crippen LogP contribution >= 0.6 is 11.6 Å². The zero-order chi connectivity index (χ0) is 12.5. The van der Waals surface area contributed by atoms with Gasteiger partial charge in [-0.1, -0.05) is 41.9 Å². The minimum Gasteiger partial charge on any atom is -0.355 e. The fourth-order valence-corrected chi connectivity index (χ4v) is 2.49. The third kappa shape index (κ3) is 1.80. The van der Waals surface area contributed by atoms with E-state index in [0.717, 1.165) is 22.3 Å². The lowest BCUT2D eigenvalue weighted by atomic mass is 10.0. The number of halogens is 1. The summed E-state index contributed by atoms with van der Waals surface area (Å²) in [5, 5.41) is 1.91. The smallest absolute Gasteiger partial charge is 0.0468 e. The van der Waals surface area contributed by atoms with Crippen molar-refractivity contribution in [3.8, 4) is 11.3 Å². The molecule has 0 unspecified atom stereocenters.